The van der Waals surface area contributed by atoms with Gasteiger partial charge in [0.25, 0.3) is 0 Å². The lowest BCUT2D eigenvalue weighted by atomic mass is 10.2. The molecule has 29 heavy (non-hydrogen) atoms. The number of amides is 1. The van der Waals surface area contributed by atoms with Gasteiger partial charge >= 0.3 is 5.37 Å². The van der Waals surface area contributed by atoms with Gasteiger partial charge in [0.05, 0.1) is 21.4 Å². The number of para-hydroxylation sites is 2. The Kier molecular flexibility index (Phi) is 8.30. The summed E-state index contributed by atoms with van der Waals surface area (Å²) in [7, 11) is 0. The summed E-state index contributed by atoms with van der Waals surface area (Å²) in [5.41, 5.74) is 2.18. The molecule has 2 heterocycles. The van der Waals surface area contributed by atoms with Gasteiger partial charge in [-0.15, -0.1) is 0 Å². The average molecular weight is 456 g/mol. The van der Waals surface area contributed by atoms with Gasteiger partial charge < -0.3 is 20.0 Å². The van der Waals surface area contributed by atoms with Crippen LogP contribution in [0.5, 0.6) is 0 Å². The van der Waals surface area contributed by atoms with E-state index in [-0.39, 0.29) is 5.37 Å². The third kappa shape index (κ3) is 6.16. The Labute approximate surface area is 187 Å². The second-order valence-electron chi connectivity index (χ2n) is 6.87. The van der Waals surface area contributed by atoms with Crippen molar-refractivity contribution in [1.82, 2.24) is 10.2 Å². The first-order chi connectivity index (χ1) is 14.1. The number of carbonyl (C=O) groups is 1. The van der Waals surface area contributed by atoms with Crippen molar-refractivity contribution in [2.24, 2.45) is 0 Å². The van der Waals surface area contributed by atoms with Crippen molar-refractivity contribution in [2.45, 2.75) is 0 Å². The highest BCUT2D eigenvalue weighted by Crippen LogP contribution is 2.26. The van der Waals surface area contributed by atoms with Crippen molar-refractivity contribution in [1.29, 1.82) is 0 Å². The number of nitrogens with zero attached hydrogens (tertiary/aromatic N) is 3. The van der Waals surface area contributed by atoms with Crippen LogP contribution in [0, 0.1) is 0 Å². The molecule has 0 saturated carbocycles. The van der Waals surface area contributed by atoms with E-state index in [9.17, 15) is 4.79 Å². The molecule has 5 nitrogen and oxygen atoms in total. The van der Waals surface area contributed by atoms with Gasteiger partial charge in [-0.05, 0) is 35.9 Å². The Hall–Kier alpha value is -1.66. The summed E-state index contributed by atoms with van der Waals surface area (Å²) < 4.78 is 0. The fraction of sp³-hybridized carbons (Fsp3) is 0.381. The van der Waals surface area contributed by atoms with E-state index >= 15 is 0 Å². The summed E-state index contributed by atoms with van der Waals surface area (Å²) in [5.74, 6) is 0. The Balaban J connectivity index is 0.000000169. The fourth-order valence-corrected chi connectivity index (χ4v) is 4.12. The largest absolute Gasteiger partial charge is 0.368 e. The molecule has 0 atom stereocenters. The van der Waals surface area contributed by atoms with Crippen molar-refractivity contribution in [3.63, 3.8) is 0 Å². The van der Waals surface area contributed by atoms with Gasteiger partial charge in [-0.3, -0.25) is 4.79 Å². The van der Waals surface area contributed by atoms with E-state index in [4.69, 9.17) is 34.8 Å². The zero-order valence-corrected chi connectivity index (χ0v) is 18.4. The van der Waals surface area contributed by atoms with E-state index < -0.39 is 0 Å². The third-order valence-corrected chi connectivity index (χ3v) is 5.91. The maximum atomic E-state index is 11.0. The molecular formula is C21H25Cl3N4O. The Morgan fingerprint density at radius 2 is 1.17 bits per heavy atom. The summed E-state index contributed by atoms with van der Waals surface area (Å²) in [4.78, 5) is 17.1. The number of piperazine rings is 2. The lowest BCUT2D eigenvalue weighted by Gasteiger charge is -2.35. The van der Waals surface area contributed by atoms with Gasteiger partial charge in [-0.2, -0.15) is 0 Å². The monoisotopic (exact) mass is 454 g/mol. The number of carbonyl (C=O) groups excluding carboxylic acids is 1. The maximum Gasteiger partial charge on any atom is 0.316 e. The molecule has 2 aliphatic rings. The quantitative estimate of drug-likeness (QED) is 0.532. The van der Waals surface area contributed by atoms with Crippen molar-refractivity contribution >= 4 is 51.5 Å². The minimum atomic E-state index is -0.376. The molecule has 0 spiro atoms. The molecule has 8 heteroatoms. The molecule has 4 rings (SSSR count). The van der Waals surface area contributed by atoms with E-state index in [1.165, 1.54) is 0 Å². The van der Waals surface area contributed by atoms with Gasteiger partial charge in [0, 0.05) is 52.4 Å². The number of halogens is 3. The van der Waals surface area contributed by atoms with E-state index in [0.717, 1.165) is 60.7 Å². The summed E-state index contributed by atoms with van der Waals surface area (Å²) >= 11 is 17.6. The Bertz CT molecular complexity index is 806. The van der Waals surface area contributed by atoms with Gasteiger partial charge in [-0.1, -0.05) is 47.5 Å². The van der Waals surface area contributed by atoms with Crippen LogP contribution in [0.2, 0.25) is 10.0 Å². The van der Waals surface area contributed by atoms with Crippen LogP contribution in [0.15, 0.2) is 48.5 Å². The molecular weight excluding hydrogens is 431 g/mol. The van der Waals surface area contributed by atoms with E-state index in [1.807, 2.05) is 42.5 Å². The highest BCUT2D eigenvalue weighted by Gasteiger charge is 2.20. The first kappa shape index (κ1) is 22.0. The summed E-state index contributed by atoms with van der Waals surface area (Å²) in [6, 6.07) is 15.7. The lowest BCUT2D eigenvalue weighted by Crippen LogP contribution is -2.47. The molecule has 0 unspecified atom stereocenters. The molecule has 2 aromatic rings. The van der Waals surface area contributed by atoms with Crippen molar-refractivity contribution in [3.8, 4) is 0 Å². The second-order valence-corrected chi connectivity index (χ2v) is 8.00. The standard InChI is InChI=1S/C11H12Cl2N2O.C10H13ClN2/c12-9-3-1-2-4-10(9)14-5-7-15(8-6-14)11(13)16;11-9-3-1-2-4-10(9)13-7-5-12-6-8-13/h1-4H,5-8H2;1-4,12H,5-8H2. The van der Waals surface area contributed by atoms with Crippen LogP contribution in [0.3, 0.4) is 0 Å². The van der Waals surface area contributed by atoms with Crippen LogP contribution in [0.1, 0.15) is 0 Å². The zero-order valence-electron chi connectivity index (χ0n) is 16.2. The molecule has 2 fully saturated rings. The molecule has 0 radical (unpaired) electrons. The number of hydrogen-bond acceptors (Lipinski definition) is 4. The van der Waals surface area contributed by atoms with Crippen LogP contribution in [0.4, 0.5) is 16.2 Å². The minimum absolute atomic E-state index is 0.376. The van der Waals surface area contributed by atoms with Crippen LogP contribution < -0.4 is 15.1 Å². The fourth-order valence-electron chi connectivity index (χ4n) is 3.45. The van der Waals surface area contributed by atoms with Gasteiger partial charge in [-0.25, -0.2) is 0 Å². The number of nitrogens with one attached hydrogen (secondary N) is 1. The van der Waals surface area contributed by atoms with Crippen LogP contribution in [-0.2, 0) is 0 Å². The van der Waals surface area contributed by atoms with Crippen LogP contribution in [0.25, 0.3) is 0 Å². The van der Waals surface area contributed by atoms with Crippen LogP contribution >= 0.6 is 34.8 Å². The molecule has 2 aromatic carbocycles. The van der Waals surface area contributed by atoms with Crippen molar-refractivity contribution in [2.75, 3.05) is 62.2 Å². The molecule has 1 amide bonds. The maximum absolute atomic E-state index is 11.0. The van der Waals surface area contributed by atoms with Crippen LogP contribution in [-0.4, -0.2) is 62.6 Å². The lowest BCUT2D eigenvalue weighted by molar-refractivity contribution is 0.218. The SMILES string of the molecule is Clc1ccccc1N1CCNCC1.O=C(Cl)N1CCN(c2ccccc2Cl)CC1. The molecule has 156 valence electrons. The Morgan fingerprint density at radius 1 is 0.724 bits per heavy atom. The molecule has 0 bridgehead atoms. The van der Waals surface area contributed by atoms with E-state index in [2.05, 4.69) is 21.2 Å². The molecule has 0 aliphatic carbocycles. The first-order valence-corrected chi connectivity index (χ1v) is 10.8. The van der Waals surface area contributed by atoms with E-state index in [0.29, 0.717) is 13.1 Å². The summed E-state index contributed by atoms with van der Waals surface area (Å²) in [6.07, 6.45) is 0. The summed E-state index contributed by atoms with van der Waals surface area (Å²) in [6.45, 7) is 7.01. The predicted octanol–water partition coefficient (Wildman–Crippen LogP) is 4.57. The van der Waals surface area contributed by atoms with E-state index in [1.54, 1.807) is 4.90 Å². The predicted molar refractivity (Wildman–Crippen MR) is 123 cm³/mol. The zero-order chi connectivity index (χ0) is 20.6. The smallest absolute Gasteiger partial charge is 0.316 e. The normalized spacial score (nSPS) is 16.9. The van der Waals surface area contributed by atoms with Gasteiger partial charge in [0.15, 0.2) is 0 Å². The molecule has 2 aliphatic heterocycles. The summed E-state index contributed by atoms with van der Waals surface area (Å²) in [5, 5.41) is 4.54. The van der Waals surface area contributed by atoms with Crippen molar-refractivity contribution in [3.05, 3.63) is 58.6 Å². The average Bonchev–Trinajstić information content (AvgIpc) is 2.76. The number of anilines is 2. The topological polar surface area (TPSA) is 38.8 Å². The second kappa shape index (κ2) is 10.9. The van der Waals surface area contributed by atoms with Crippen molar-refractivity contribution < 1.29 is 4.79 Å². The Morgan fingerprint density at radius 3 is 1.62 bits per heavy atom. The highest BCUT2D eigenvalue weighted by molar-refractivity contribution is 6.62. The number of hydrogen-bond donors (Lipinski definition) is 1. The number of benzene rings is 2. The minimum Gasteiger partial charge on any atom is -0.368 e. The van der Waals surface area contributed by atoms with Gasteiger partial charge in [0.2, 0.25) is 0 Å². The highest BCUT2D eigenvalue weighted by atomic mass is 35.5. The molecule has 2 saturated heterocycles. The number of rotatable bonds is 2. The first-order valence-electron chi connectivity index (χ1n) is 9.70. The molecule has 1 N–H and O–H groups in total. The third-order valence-electron chi connectivity index (χ3n) is 5.03. The molecule has 0 aromatic heterocycles. The van der Waals surface area contributed by atoms with Gasteiger partial charge in [0.1, 0.15) is 0 Å².